The third kappa shape index (κ3) is 12.1. The molecule has 0 aromatic carbocycles. The Labute approximate surface area is 319 Å². The van der Waals surface area contributed by atoms with Crippen molar-refractivity contribution in [2.24, 2.45) is 10.8 Å². The minimum Gasteiger partial charge on any atom is -0.461 e. The first-order chi connectivity index (χ1) is 24.7. The van der Waals surface area contributed by atoms with Crippen molar-refractivity contribution in [2.75, 3.05) is 6.61 Å². The van der Waals surface area contributed by atoms with Crippen molar-refractivity contribution >= 4 is 11.8 Å². The SMILES string of the molecule is CCCCCC(=O)OC/C(C=C=C1C(C)(C)C[C@H](O)C[C@@]1(C)O)=C/C=C/C(C)=C/C=C/C=C(C)/C=C/C=C(/C)C(=O)C[C@@]12O[C@]1(C)C[C@@H](O)CC2(C)C. The van der Waals surface area contributed by atoms with Crippen molar-refractivity contribution in [3.8, 4) is 0 Å². The topological polar surface area (TPSA) is 117 Å². The van der Waals surface area contributed by atoms with Crippen LogP contribution in [0.15, 0.2) is 100 Å². The van der Waals surface area contributed by atoms with Gasteiger partial charge in [-0.3, -0.25) is 9.59 Å². The molecule has 3 aliphatic rings. The fourth-order valence-electron chi connectivity index (χ4n) is 8.27. The van der Waals surface area contributed by atoms with Gasteiger partial charge in [0.25, 0.3) is 0 Å². The molecule has 1 heterocycles. The predicted molar refractivity (Wildman–Crippen MR) is 214 cm³/mol. The highest BCUT2D eigenvalue weighted by atomic mass is 16.6. The zero-order valence-corrected chi connectivity index (χ0v) is 34.1. The maximum Gasteiger partial charge on any atom is 0.306 e. The van der Waals surface area contributed by atoms with Crippen LogP contribution >= 0.6 is 0 Å². The lowest BCUT2D eigenvalue weighted by Gasteiger charge is -2.43. The van der Waals surface area contributed by atoms with E-state index < -0.39 is 34.4 Å². The van der Waals surface area contributed by atoms with Gasteiger partial charge in [0.15, 0.2) is 5.78 Å². The molecule has 292 valence electrons. The standard InChI is InChI=1S/C46H66O7/c1-11-12-13-24-41(50)52-32-36(25-26-40-42(5,6)27-37(47)29-44(40,9)51)23-17-21-34(3)19-15-14-18-33(2)20-16-22-35(4)39(49)31-46-43(7,8)28-38(48)30-45(46,10)53-46/h14-23,25,37-38,47-48,51H,11-13,24,27-32H2,1-10H3/b15-14+,20-16+,21-17+,33-18+,34-19+,35-22-,36-23+/t26?,37-,38-,44+,45+,46-/m0/s1. The Kier molecular flexibility index (Phi) is 15.3. The molecular formula is C46H66O7. The summed E-state index contributed by atoms with van der Waals surface area (Å²) in [6, 6.07) is 0. The largest absolute Gasteiger partial charge is 0.461 e. The summed E-state index contributed by atoms with van der Waals surface area (Å²) in [5.74, 6) is -0.165. The Morgan fingerprint density at radius 2 is 1.43 bits per heavy atom. The summed E-state index contributed by atoms with van der Waals surface area (Å²) < 4.78 is 11.8. The second kappa shape index (κ2) is 18.3. The number of fused-ring (bicyclic) bond motifs is 1. The van der Waals surface area contributed by atoms with E-state index in [1.165, 1.54) is 0 Å². The Morgan fingerprint density at radius 3 is 2.02 bits per heavy atom. The number of carbonyl (C=O) groups excluding carboxylic acids is 2. The molecule has 2 aliphatic carbocycles. The van der Waals surface area contributed by atoms with E-state index in [1.807, 2.05) is 102 Å². The first-order valence-electron chi connectivity index (χ1n) is 19.4. The number of Topliss-reactive ketones (excluding diaryl/α,β-unsaturated/α-hetero) is 1. The molecule has 3 rings (SSSR count). The number of allylic oxidation sites excluding steroid dienone is 13. The van der Waals surface area contributed by atoms with Gasteiger partial charge in [0, 0.05) is 31.3 Å². The average Bonchev–Trinajstić information content (AvgIpc) is 3.64. The van der Waals surface area contributed by atoms with Crippen LogP contribution in [0, 0.1) is 10.8 Å². The van der Waals surface area contributed by atoms with Gasteiger partial charge >= 0.3 is 5.97 Å². The molecule has 0 amide bonds. The minimum atomic E-state index is -1.19. The van der Waals surface area contributed by atoms with E-state index in [1.54, 1.807) is 13.0 Å². The lowest BCUT2D eigenvalue weighted by atomic mass is 9.61. The number of hydrogen-bond donors (Lipinski definition) is 3. The molecule has 1 saturated heterocycles. The fraction of sp³-hybridized carbons (Fsp3) is 0.587. The summed E-state index contributed by atoms with van der Waals surface area (Å²) in [5, 5.41) is 31.7. The number of carbonyl (C=O) groups is 2. The normalized spacial score (nSPS) is 30.5. The van der Waals surface area contributed by atoms with Crippen LogP contribution in [0.25, 0.3) is 0 Å². The Hall–Kier alpha value is -3.32. The number of epoxide rings is 1. The van der Waals surface area contributed by atoms with Crippen LogP contribution in [-0.2, 0) is 19.1 Å². The van der Waals surface area contributed by atoms with Crippen molar-refractivity contribution in [3.63, 3.8) is 0 Å². The molecule has 3 N–H and O–H groups in total. The van der Waals surface area contributed by atoms with Gasteiger partial charge in [0.1, 0.15) is 12.2 Å². The minimum absolute atomic E-state index is 0.0681. The van der Waals surface area contributed by atoms with Gasteiger partial charge in [-0.2, -0.15) is 0 Å². The molecule has 5 atom stereocenters. The summed E-state index contributed by atoms with van der Waals surface area (Å²) in [7, 11) is 0. The van der Waals surface area contributed by atoms with Crippen LogP contribution in [0.1, 0.15) is 127 Å². The second-order valence-electron chi connectivity index (χ2n) is 17.2. The van der Waals surface area contributed by atoms with E-state index in [0.29, 0.717) is 37.7 Å². The number of aliphatic hydroxyl groups is 3. The third-order valence-corrected chi connectivity index (χ3v) is 11.1. The van der Waals surface area contributed by atoms with Crippen LogP contribution in [0.4, 0.5) is 0 Å². The van der Waals surface area contributed by atoms with Gasteiger partial charge in [0.2, 0.25) is 0 Å². The van der Waals surface area contributed by atoms with Crippen LogP contribution in [-0.4, -0.2) is 62.7 Å². The lowest BCUT2D eigenvalue weighted by Crippen LogP contribution is -2.48. The fourth-order valence-corrected chi connectivity index (χ4v) is 8.27. The van der Waals surface area contributed by atoms with Gasteiger partial charge in [-0.15, -0.1) is 5.73 Å². The molecule has 1 aliphatic heterocycles. The molecule has 0 unspecified atom stereocenters. The molecular weight excluding hydrogens is 664 g/mol. The Bertz CT molecular complexity index is 1600. The summed E-state index contributed by atoms with van der Waals surface area (Å²) >= 11 is 0. The summed E-state index contributed by atoms with van der Waals surface area (Å²) in [6.45, 7) is 19.9. The number of rotatable bonds is 16. The van der Waals surface area contributed by atoms with Crippen molar-refractivity contribution in [1.82, 2.24) is 0 Å². The van der Waals surface area contributed by atoms with E-state index in [4.69, 9.17) is 9.47 Å². The van der Waals surface area contributed by atoms with E-state index in [2.05, 4.69) is 26.5 Å². The molecule has 3 fully saturated rings. The molecule has 0 radical (unpaired) electrons. The molecule has 0 bridgehead atoms. The van der Waals surface area contributed by atoms with Crippen LogP contribution in [0.2, 0.25) is 0 Å². The van der Waals surface area contributed by atoms with Gasteiger partial charge < -0.3 is 24.8 Å². The molecule has 7 nitrogen and oxygen atoms in total. The van der Waals surface area contributed by atoms with Gasteiger partial charge in [-0.05, 0) is 81.9 Å². The number of ether oxygens (including phenoxy) is 2. The molecule has 0 spiro atoms. The van der Waals surface area contributed by atoms with Crippen molar-refractivity contribution in [2.45, 2.75) is 156 Å². The number of hydrogen-bond acceptors (Lipinski definition) is 7. The zero-order valence-electron chi connectivity index (χ0n) is 34.1. The number of unbranched alkanes of at least 4 members (excludes halogenated alkanes) is 2. The van der Waals surface area contributed by atoms with Crippen LogP contribution < -0.4 is 0 Å². The van der Waals surface area contributed by atoms with E-state index >= 15 is 0 Å². The molecule has 0 aromatic rings. The zero-order chi connectivity index (χ0) is 39.7. The highest BCUT2D eigenvalue weighted by Gasteiger charge is 2.76. The third-order valence-electron chi connectivity index (χ3n) is 11.1. The van der Waals surface area contributed by atoms with Crippen molar-refractivity contribution < 1.29 is 34.4 Å². The maximum absolute atomic E-state index is 13.1. The van der Waals surface area contributed by atoms with Gasteiger partial charge in [-0.25, -0.2) is 0 Å². The second-order valence-corrected chi connectivity index (χ2v) is 17.2. The van der Waals surface area contributed by atoms with E-state index in [-0.39, 0.29) is 30.2 Å². The highest BCUT2D eigenvalue weighted by molar-refractivity contribution is 5.96. The molecule has 53 heavy (non-hydrogen) atoms. The van der Waals surface area contributed by atoms with Crippen molar-refractivity contribution in [1.29, 1.82) is 0 Å². The van der Waals surface area contributed by atoms with Gasteiger partial charge in [0.05, 0.1) is 23.4 Å². The molecule has 2 saturated carbocycles. The monoisotopic (exact) mass is 730 g/mol. The van der Waals surface area contributed by atoms with Crippen molar-refractivity contribution in [3.05, 3.63) is 100 Å². The smallest absolute Gasteiger partial charge is 0.306 e. The van der Waals surface area contributed by atoms with Gasteiger partial charge in [-0.1, -0.05) is 119 Å². The van der Waals surface area contributed by atoms with Crippen LogP contribution in [0.3, 0.4) is 0 Å². The lowest BCUT2D eigenvalue weighted by molar-refractivity contribution is -0.142. The molecule has 7 heteroatoms. The van der Waals surface area contributed by atoms with Crippen LogP contribution in [0.5, 0.6) is 0 Å². The number of aliphatic hydroxyl groups excluding tert-OH is 2. The number of ketones is 1. The summed E-state index contributed by atoms with van der Waals surface area (Å²) in [5.41, 5.74) is 4.63. The maximum atomic E-state index is 13.1. The average molecular weight is 731 g/mol. The first kappa shape index (κ1) is 44.1. The quantitative estimate of drug-likeness (QED) is 0.0362. The summed E-state index contributed by atoms with van der Waals surface area (Å²) in [4.78, 5) is 25.5. The van der Waals surface area contributed by atoms with E-state index in [9.17, 15) is 24.9 Å². The number of esters is 1. The highest BCUT2D eigenvalue weighted by Crippen LogP contribution is 2.67. The Morgan fingerprint density at radius 1 is 0.830 bits per heavy atom. The predicted octanol–water partition coefficient (Wildman–Crippen LogP) is 9.23. The first-order valence-corrected chi connectivity index (χ1v) is 19.4. The van der Waals surface area contributed by atoms with E-state index in [0.717, 1.165) is 41.6 Å². The Balaban J connectivity index is 1.64. The molecule has 0 aromatic heterocycles. The summed E-state index contributed by atoms with van der Waals surface area (Å²) in [6.07, 6.45) is 25.7.